The van der Waals surface area contributed by atoms with Gasteiger partial charge < -0.3 is 14.2 Å². The van der Waals surface area contributed by atoms with Crippen LogP contribution in [-0.2, 0) is 43.0 Å². The summed E-state index contributed by atoms with van der Waals surface area (Å²) >= 11 is 0. The van der Waals surface area contributed by atoms with Gasteiger partial charge in [-0.25, -0.2) is 0 Å². The average molecular weight is 967 g/mol. The highest BCUT2D eigenvalue weighted by atomic mass is 16.3. The molecule has 7 heteroatoms. The predicted octanol–water partition coefficient (Wildman–Crippen LogP) is 14.8. The molecule has 0 fully saturated rings. The third-order valence-corrected chi connectivity index (χ3v) is 19.5. The first-order valence-corrected chi connectivity index (χ1v) is 27.8. The van der Waals surface area contributed by atoms with Crippen LogP contribution in [0.5, 0.6) is 0 Å². The lowest BCUT2D eigenvalue weighted by Crippen LogP contribution is -2.61. The number of rotatable bonds is 4. The lowest BCUT2D eigenvalue weighted by Gasteiger charge is -2.46. The van der Waals surface area contributed by atoms with Gasteiger partial charge in [-0.05, 0) is 205 Å². The van der Waals surface area contributed by atoms with Crippen LogP contribution in [0.15, 0.2) is 83.3 Å². The monoisotopic (exact) mass is 967 g/mol. The molecule has 0 atom stereocenters. The molecule has 6 aromatic rings. The average Bonchev–Trinajstić information content (AvgIpc) is 3.70. The van der Waals surface area contributed by atoms with Crippen molar-refractivity contribution in [3.05, 3.63) is 141 Å². The van der Waals surface area contributed by atoms with Crippen LogP contribution in [0, 0.1) is 12.1 Å². The Balaban J connectivity index is 1.25. The van der Waals surface area contributed by atoms with E-state index in [4.69, 9.17) is 28.0 Å². The van der Waals surface area contributed by atoms with E-state index in [9.17, 15) is 0 Å². The quantitative estimate of drug-likeness (QED) is 0.164. The van der Waals surface area contributed by atoms with Crippen LogP contribution >= 0.6 is 0 Å². The summed E-state index contributed by atoms with van der Waals surface area (Å²) in [6, 6.07) is 31.8. The van der Waals surface area contributed by atoms with Crippen molar-refractivity contribution in [3.63, 3.8) is 0 Å². The van der Waals surface area contributed by atoms with Gasteiger partial charge in [0.05, 0.1) is 46.3 Å². The fourth-order valence-corrected chi connectivity index (χ4v) is 14.2. The molecule has 0 saturated heterocycles. The van der Waals surface area contributed by atoms with Gasteiger partial charge in [0, 0.05) is 28.0 Å². The Hall–Kier alpha value is -5.20. The molecule has 1 aromatic heterocycles. The maximum atomic E-state index is 7.68. The zero-order chi connectivity index (χ0) is 52.8. The van der Waals surface area contributed by atoms with Crippen LogP contribution in [0.4, 0.5) is 34.1 Å². The van der Waals surface area contributed by atoms with E-state index in [1.54, 1.807) is 0 Å². The van der Waals surface area contributed by atoms with Crippen molar-refractivity contribution in [2.24, 2.45) is 0 Å². The van der Waals surface area contributed by atoms with Gasteiger partial charge in [-0.3, -0.25) is 0 Å². The molecule has 0 N–H and O–H groups in total. The second-order valence-electron chi connectivity index (χ2n) is 28.6. The number of anilines is 6. The molecule has 0 saturated carbocycles. The van der Waals surface area contributed by atoms with Crippen LogP contribution < -0.4 is 26.4 Å². The Bertz CT molecular complexity index is 3450. The van der Waals surface area contributed by atoms with E-state index in [0.717, 1.165) is 108 Å². The zero-order valence-corrected chi connectivity index (χ0v) is 47.3. The summed E-state index contributed by atoms with van der Waals surface area (Å²) < 4.78 is 7.68. The Morgan fingerprint density at radius 3 is 1.69 bits per heavy atom. The fourth-order valence-electron chi connectivity index (χ4n) is 14.2. The minimum Gasteiger partial charge on any atom is -0.468 e. The molecule has 0 unspecified atom stereocenters. The number of furan rings is 1. The third-order valence-electron chi connectivity index (χ3n) is 19.5. The molecule has 6 radical (unpaired) electrons. The highest BCUT2D eigenvalue weighted by Crippen LogP contribution is 2.56. The van der Waals surface area contributed by atoms with E-state index in [-0.39, 0.29) is 44.6 Å². The zero-order valence-electron chi connectivity index (χ0n) is 47.3. The van der Waals surface area contributed by atoms with Gasteiger partial charge >= 0.3 is 0 Å². The summed E-state index contributed by atoms with van der Waals surface area (Å²) in [7, 11) is 20.1. The van der Waals surface area contributed by atoms with E-state index in [1.165, 1.54) is 55.5 Å². The fraction of sp³-hybridized carbons (Fsp3) is 0.463. The van der Waals surface area contributed by atoms with Crippen LogP contribution in [0.3, 0.4) is 0 Å². The molecule has 4 aliphatic carbocycles. The van der Waals surface area contributed by atoms with Crippen LogP contribution in [0.25, 0.3) is 16.5 Å². The largest absolute Gasteiger partial charge is 0.468 e. The second-order valence-corrected chi connectivity index (χ2v) is 28.6. The number of hydrogen-bond acceptors (Lipinski definition) is 3. The van der Waals surface area contributed by atoms with E-state index in [1.807, 2.05) is 0 Å². The molecule has 0 bridgehead atoms. The van der Waals surface area contributed by atoms with Gasteiger partial charge in [0.25, 0.3) is 6.71 Å². The maximum Gasteiger partial charge on any atom is 0.297 e. The van der Waals surface area contributed by atoms with Crippen molar-refractivity contribution in [2.75, 3.05) is 9.80 Å². The summed E-state index contributed by atoms with van der Waals surface area (Å²) in [5.41, 5.74) is 23.2. The highest BCUT2D eigenvalue weighted by molar-refractivity contribution is 7.00. The predicted molar refractivity (Wildman–Crippen MR) is 318 cm³/mol. The second kappa shape index (κ2) is 15.7. The van der Waals surface area contributed by atoms with Crippen molar-refractivity contribution in [1.29, 1.82) is 0 Å². The number of fused-ring (bicyclic) bond motifs is 9. The van der Waals surface area contributed by atoms with Crippen molar-refractivity contribution < 1.29 is 4.42 Å². The Labute approximate surface area is 448 Å². The molecular formula is C67H74B4N2O. The van der Waals surface area contributed by atoms with Crippen LogP contribution in [0.2, 0.25) is 0 Å². The molecule has 74 heavy (non-hydrogen) atoms. The topological polar surface area (TPSA) is 19.6 Å². The van der Waals surface area contributed by atoms with Crippen molar-refractivity contribution in [1.82, 2.24) is 0 Å². The minimum absolute atomic E-state index is 0.00628. The third kappa shape index (κ3) is 7.39. The molecule has 5 aromatic carbocycles. The lowest BCUT2D eigenvalue weighted by molar-refractivity contribution is 0.332. The van der Waals surface area contributed by atoms with E-state index >= 15 is 0 Å². The molecule has 3 heterocycles. The first-order chi connectivity index (χ1) is 34.4. The van der Waals surface area contributed by atoms with Crippen molar-refractivity contribution >= 4 is 97.5 Å². The van der Waals surface area contributed by atoms with E-state index < -0.39 is 5.11 Å². The SMILES string of the molecule is [B]C([B])([B])c1c#cc2c(c1)B1c3oc4cc5c(cc4c3N(c3ccc4c(c3)C(C)(C)CCC4(C)C)c3cc(C(C)(C)C)cc(c31)N2c1cc2c(cc1C1=CC=CCC1)C(C)(C)CCC2(C)C)C(C)(C)CCC5(C)C. The highest BCUT2D eigenvalue weighted by Gasteiger charge is 2.50. The lowest BCUT2D eigenvalue weighted by atomic mass is 9.34. The van der Waals surface area contributed by atoms with Crippen LogP contribution in [-0.4, -0.2) is 30.3 Å². The van der Waals surface area contributed by atoms with Gasteiger partial charge in [0.1, 0.15) is 5.58 Å². The van der Waals surface area contributed by atoms with Gasteiger partial charge in [-0.2, -0.15) is 0 Å². The van der Waals surface area contributed by atoms with Gasteiger partial charge in [0.2, 0.25) is 0 Å². The van der Waals surface area contributed by atoms with Crippen molar-refractivity contribution in [3.8, 4) is 0 Å². The molecule has 0 amide bonds. The molecular weight excluding hydrogens is 892 g/mol. The van der Waals surface area contributed by atoms with E-state index in [0.29, 0.717) is 5.56 Å². The standard InChI is InChI=1S/C67H74B4N2O/c1-60(2,3)41-32-54-57-55(33-41)73(53-37-49-47(63(8,9)27-29-65(49,12)13)35-43(53)39-19-17-16-18-20-39)52-24-21-40(67(68,69)70)31-51(52)71(57)59-58(44-36-48-50(38-56(44)74-59)66(14,15)30-28-64(48,10)11)72(54)42-22-23-45-46(34-42)62(6,7)26-25-61(45,4)5/h16-17,19,22-23,31-38H,18,20,25-30H2,1-15H3. The minimum atomic E-state index is -1.65. The number of hydrogen-bond donors (Lipinski definition) is 0. The van der Waals surface area contributed by atoms with E-state index in [2.05, 4.69) is 205 Å². The number of benzene rings is 4. The number of nitrogens with zero attached hydrogens (tertiary/aromatic N) is 2. The molecule has 3 nitrogen and oxygen atoms in total. The Morgan fingerprint density at radius 1 is 0.581 bits per heavy atom. The van der Waals surface area contributed by atoms with Crippen LogP contribution in [0.1, 0.15) is 205 Å². The summed E-state index contributed by atoms with van der Waals surface area (Å²) in [6.45, 7) is 35.9. The smallest absolute Gasteiger partial charge is 0.297 e. The maximum absolute atomic E-state index is 7.68. The Kier molecular flexibility index (Phi) is 10.5. The first kappa shape index (κ1) is 49.7. The normalized spacial score (nSPS) is 21.1. The summed E-state index contributed by atoms with van der Waals surface area (Å²) in [6.07, 6.45) is 15.6. The first-order valence-electron chi connectivity index (χ1n) is 27.8. The van der Waals surface area contributed by atoms with Gasteiger partial charge in [0.15, 0.2) is 0 Å². The summed E-state index contributed by atoms with van der Waals surface area (Å²) in [5.74, 6) is 0. The van der Waals surface area contributed by atoms with Gasteiger partial charge in [-0.1, -0.05) is 145 Å². The summed E-state index contributed by atoms with van der Waals surface area (Å²) in [4.78, 5) is 5.14. The molecule has 6 aliphatic rings. The van der Waals surface area contributed by atoms with Gasteiger partial charge in [-0.15, -0.1) is 0 Å². The molecule has 0 spiro atoms. The summed E-state index contributed by atoms with van der Waals surface area (Å²) in [5, 5.41) is -0.519. The Morgan fingerprint density at radius 2 is 1.12 bits per heavy atom. The number of allylic oxidation sites excluding steroid dienone is 4. The molecule has 12 rings (SSSR count). The van der Waals surface area contributed by atoms with Crippen molar-refractivity contribution in [2.45, 2.75) is 198 Å². The molecule has 370 valence electrons. The molecule has 2 aliphatic heterocycles.